The van der Waals surface area contributed by atoms with Crippen LogP contribution in [0.2, 0.25) is 0 Å². The number of allylic oxidation sites excluding steroid dienone is 3. The van der Waals surface area contributed by atoms with Crippen LogP contribution in [0.3, 0.4) is 0 Å². The number of hydrogen-bond acceptors (Lipinski definition) is 0. The summed E-state index contributed by atoms with van der Waals surface area (Å²) in [6.45, 7) is 4.83. The minimum Gasteiger partial charge on any atom is -0.0654 e. The molecule has 0 aliphatic heterocycles. The first-order valence-corrected chi connectivity index (χ1v) is 7.21. The van der Waals surface area contributed by atoms with E-state index in [1.165, 1.54) is 31.2 Å². The van der Waals surface area contributed by atoms with E-state index in [1.807, 2.05) is 0 Å². The molecule has 1 aromatic carbocycles. The summed E-state index contributed by atoms with van der Waals surface area (Å²) in [6, 6.07) is 6.88. The Labute approximate surface area is 109 Å². The van der Waals surface area contributed by atoms with Crippen LogP contribution in [0.15, 0.2) is 35.9 Å². The maximum Gasteiger partial charge on any atom is 0.0208 e. The molecule has 4 rings (SSSR count). The highest BCUT2D eigenvalue weighted by Crippen LogP contribution is 2.70. The zero-order valence-corrected chi connectivity index (χ0v) is 11.3. The highest BCUT2D eigenvalue weighted by atomic mass is 14.7. The lowest BCUT2D eigenvalue weighted by molar-refractivity contribution is 0.0845. The maximum atomic E-state index is 2.50. The molecule has 0 heteroatoms. The van der Waals surface area contributed by atoms with Gasteiger partial charge in [0.05, 0.1) is 0 Å². The average molecular weight is 236 g/mol. The smallest absolute Gasteiger partial charge is 0.0208 e. The summed E-state index contributed by atoms with van der Waals surface area (Å²) in [4.78, 5) is 0. The van der Waals surface area contributed by atoms with Crippen LogP contribution in [0.1, 0.15) is 49.8 Å². The fourth-order valence-electron chi connectivity index (χ4n) is 4.90. The largest absolute Gasteiger partial charge is 0.0654 e. The van der Waals surface area contributed by atoms with Crippen molar-refractivity contribution in [3.63, 3.8) is 0 Å². The molecule has 0 spiro atoms. The average Bonchev–Trinajstić information content (AvgIpc) is 2.47. The van der Waals surface area contributed by atoms with Gasteiger partial charge in [-0.25, -0.2) is 0 Å². The first-order chi connectivity index (χ1) is 8.71. The monoisotopic (exact) mass is 236 g/mol. The molecular formula is C18H20. The molecule has 1 fully saturated rings. The summed E-state index contributed by atoms with van der Waals surface area (Å²) in [5, 5.41) is 0. The first-order valence-electron chi connectivity index (χ1n) is 7.21. The summed E-state index contributed by atoms with van der Waals surface area (Å²) >= 11 is 0. The molecule has 0 nitrogen and oxygen atoms in total. The Morgan fingerprint density at radius 3 is 2.94 bits per heavy atom. The second-order valence-electron chi connectivity index (χ2n) is 6.44. The van der Waals surface area contributed by atoms with Crippen molar-refractivity contribution >= 4 is 6.08 Å². The van der Waals surface area contributed by atoms with E-state index >= 15 is 0 Å². The van der Waals surface area contributed by atoms with Crippen LogP contribution < -0.4 is 0 Å². The first kappa shape index (κ1) is 10.6. The molecule has 1 aromatic rings. The van der Waals surface area contributed by atoms with Gasteiger partial charge >= 0.3 is 0 Å². The highest BCUT2D eigenvalue weighted by molar-refractivity contribution is 5.70. The van der Waals surface area contributed by atoms with E-state index < -0.39 is 0 Å². The maximum absolute atomic E-state index is 2.50. The van der Waals surface area contributed by atoms with Gasteiger partial charge in [-0.2, -0.15) is 0 Å². The van der Waals surface area contributed by atoms with Gasteiger partial charge in [0.25, 0.3) is 0 Å². The van der Waals surface area contributed by atoms with Gasteiger partial charge in [0.15, 0.2) is 0 Å². The molecule has 0 bridgehead atoms. The van der Waals surface area contributed by atoms with Crippen molar-refractivity contribution in [1.82, 2.24) is 0 Å². The molecule has 0 saturated heterocycles. The number of hydrogen-bond donors (Lipinski definition) is 0. The van der Waals surface area contributed by atoms with Crippen LogP contribution in [0.25, 0.3) is 6.08 Å². The lowest BCUT2D eigenvalue weighted by Crippen LogP contribution is -2.52. The van der Waals surface area contributed by atoms with Crippen LogP contribution in [-0.2, 0) is 11.8 Å². The van der Waals surface area contributed by atoms with E-state index in [9.17, 15) is 0 Å². The molecule has 2 unspecified atom stereocenters. The Morgan fingerprint density at radius 1 is 1.22 bits per heavy atom. The highest BCUT2D eigenvalue weighted by Gasteiger charge is 2.63. The normalized spacial score (nSPS) is 34.7. The van der Waals surface area contributed by atoms with E-state index in [2.05, 4.69) is 50.3 Å². The standard InChI is InChI=1S/C18H20/c1-3-10-18-11-14-8-4-6-13-7-5-9-15(12-18)17(18,2)16(13)14/h4-9H,3,10-12H2,1-2H3. The summed E-state index contributed by atoms with van der Waals surface area (Å²) in [5.74, 6) is 0. The third-order valence-corrected chi connectivity index (χ3v) is 5.75. The number of benzene rings is 1. The Morgan fingerprint density at radius 2 is 2.11 bits per heavy atom. The van der Waals surface area contributed by atoms with Crippen LogP contribution in [0.4, 0.5) is 0 Å². The van der Waals surface area contributed by atoms with Gasteiger partial charge in [0.2, 0.25) is 0 Å². The van der Waals surface area contributed by atoms with Crippen LogP contribution in [-0.4, -0.2) is 0 Å². The Balaban J connectivity index is 2.01. The van der Waals surface area contributed by atoms with E-state index in [0.29, 0.717) is 10.8 Å². The predicted octanol–water partition coefficient (Wildman–Crippen LogP) is 4.64. The third-order valence-electron chi connectivity index (χ3n) is 5.75. The molecule has 0 heterocycles. The van der Waals surface area contributed by atoms with Crippen LogP contribution in [0.5, 0.6) is 0 Å². The molecule has 1 saturated carbocycles. The van der Waals surface area contributed by atoms with Crippen molar-refractivity contribution in [3.8, 4) is 0 Å². The molecule has 0 amide bonds. The summed E-state index contributed by atoms with van der Waals surface area (Å²) < 4.78 is 0. The minimum absolute atomic E-state index is 0.332. The van der Waals surface area contributed by atoms with Crippen molar-refractivity contribution in [1.29, 1.82) is 0 Å². The van der Waals surface area contributed by atoms with Gasteiger partial charge in [-0.1, -0.05) is 62.3 Å². The van der Waals surface area contributed by atoms with Gasteiger partial charge in [0.1, 0.15) is 0 Å². The lowest BCUT2D eigenvalue weighted by Gasteiger charge is -2.57. The predicted molar refractivity (Wildman–Crippen MR) is 76.6 cm³/mol. The molecule has 2 atom stereocenters. The molecule has 18 heavy (non-hydrogen) atoms. The second-order valence-corrected chi connectivity index (χ2v) is 6.44. The molecule has 3 aliphatic carbocycles. The van der Waals surface area contributed by atoms with Gasteiger partial charge in [-0.05, 0) is 41.4 Å². The van der Waals surface area contributed by atoms with Crippen molar-refractivity contribution in [3.05, 3.63) is 52.6 Å². The topological polar surface area (TPSA) is 0 Å². The quantitative estimate of drug-likeness (QED) is 0.701. The fraction of sp³-hybridized carbons (Fsp3) is 0.444. The van der Waals surface area contributed by atoms with Gasteiger partial charge < -0.3 is 0 Å². The van der Waals surface area contributed by atoms with Crippen molar-refractivity contribution < 1.29 is 0 Å². The lowest BCUT2D eigenvalue weighted by atomic mass is 9.46. The van der Waals surface area contributed by atoms with Gasteiger partial charge in [-0.15, -0.1) is 0 Å². The zero-order chi connectivity index (χ0) is 12.4. The minimum atomic E-state index is 0.332. The number of rotatable bonds is 2. The van der Waals surface area contributed by atoms with E-state index in [0.717, 1.165) is 0 Å². The molecule has 92 valence electrons. The van der Waals surface area contributed by atoms with Crippen molar-refractivity contribution in [2.45, 2.75) is 44.9 Å². The van der Waals surface area contributed by atoms with Crippen molar-refractivity contribution in [2.75, 3.05) is 0 Å². The second kappa shape index (κ2) is 3.17. The zero-order valence-electron chi connectivity index (χ0n) is 11.3. The van der Waals surface area contributed by atoms with Gasteiger partial charge in [-0.3, -0.25) is 0 Å². The van der Waals surface area contributed by atoms with Gasteiger partial charge in [0, 0.05) is 5.41 Å². The fourth-order valence-corrected chi connectivity index (χ4v) is 4.90. The SMILES string of the molecule is CCCC12CC3=CC=Cc4cccc(c4C31C)C2. The molecular weight excluding hydrogens is 216 g/mol. The molecule has 0 aromatic heterocycles. The summed E-state index contributed by atoms with van der Waals surface area (Å²) in [7, 11) is 0. The van der Waals surface area contributed by atoms with Crippen LogP contribution >= 0.6 is 0 Å². The Hall–Kier alpha value is -1.30. The van der Waals surface area contributed by atoms with E-state index in [-0.39, 0.29) is 0 Å². The van der Waals surface area contributed by atoms with Crippen LogP contribution in [0, 0.1) is 5.41 Å². The molecule has 0 radical (unpaired) electrons. The Kier molecular flexibility index (Phi) is 1.87. The van der Waals surface area contributed by atoms with Crippen molar-refractivity contribution in [2.24, 2.45) is 5.41 Å². The summed E-state index contributed by atoms with van der Waals surface area (Å²) in [5.41, 5.74) is 7.23. The molecule has 0 N–H and O–H groups in total. The third kappa shape index (κ3) is 0.957. The Bertz CT molecular complexity index is 590. The van der Waals surface area contributed by atoms with E-state index in [1.54, 1.807) is 16.7 Å². The molecule has 3 aliphatic rings. The van der Waals surface area contributed by atoms with E-state index in [4.69, 9.17) is 0 Å². The summed E-state index contributed by atoms with van der Waals surface area (Å²) in [6.07, 6.45) is 12.2.